The minimum atomic E-state index is -4.28. The van der Waals surface area contributed by atoms with Gasteiger partial charge in [0, 0.05) is 18.8 Å². The van der Waals surface area contributed by atoms with E-state index in [4.69, 9.17) is 5.73 Å². The molecule has 1 aromatic rings. The maximum Gasteiger partial charge on any atom is 0.249 e. The maximum atomic E-state index is 13.5. The Hall–Kier alpha value is -1.25. The van der Waals surface area contributed by atoms with E-state index in [2.05, 4.69) is 0 Å². The van der Waals surface area contributed by atoms with Crippen molar-refractivity contribution in [2.45, 2.75) is 17.4 Å². The van der Waals surface area contributed by atoms with Gasteiger partial charge in [-0.15, -0.1) is 0 Å². The molecule has 100 valence electrons. The quantitative estimate of drug-likeness (QED) is 0.762. The van der Waals surface area contributed by atoms with Gasteiger partial charge in [-0.05, 0) is 19.1 Å². The summed E-state index contributed by atoms with van der Waals surface area (Å²) < 4.78 is 51.8. The molecule has 0 bridgehead atoms. The van der Waals surface area contributed by atoms with Crippen molar-refractivity contribution >= 4 is 15.7 Å². The van der Waals surface area contributed by atoms with Gasteiger partial charge in [-0.3, -0.25) is 0 Å². The number of nitrogens with zero attached hydrogens (tertiary/aromatic N) is 1. The topological polar surface area (TPSA) is 83.6 Å². The third-order valence-corrected chi connectivity index (χ3v) is 4.50. The van der Waals surface area contributed by atoms with Gasteiger partial charge in [0.2, 0.25) is 10.0 Å². The number of β-amino-alcohol motifs (C(OH)–C–C–N with tert-alkyl or cyclic N) is 1. The molecule has 1 aliphatic heterocycles. The summed E-state index contributed by atoms with van der Waals surface area (Å²) in [6.45, 7) is 1.05. The minimum absolute atomic E-state index is 0.195. The lowest BCUT2D eigenvalue weighted by molar-refractivity contribution is -0.0428. The molecule has 1 aromatic carbocycles. The molecule has 1 aliphatic rings. The van der Waals surface area contributed by atoms with E-state index in [0.717, 1.165) is 16.4 Å². The molecule has 1 saturated heterocycles. The van der Waals surface area contributed by atoms with Crippen LogP contribution in [0.25, 0.3) is 0 Å². The first-order valence-corrected chi connectivity index (χ1v) is 6.54. The summed E-state index contributed by atoms with van der Waals surface area (Å²) in [5.41, 5.74) is 3.86. The maximum absolute atomic E-state index is 13.5. The van der Waals surface area contributed by atoms with Crippen LogP contribution in [0.2, 0.25) is 0 Å². The van der Waals surface area contributed by atoms with Crippen LogP contribution in [0, 0.1) is 11.6 Å². The molecule has 0 atom stereocenters. The molecule has 0 spiro atoms. The van der Waals surface area contributed by atoms with Gasteiger partial charge in [-0.2, -0.15) is 4.31 Å². The number of nitrogens with two attached hydrogens (primary N) is 1. The third kappa shape index (κ3) is 2.06. The highest BCUT2D eigenvalue weighted by atomic mass is 32.2. The molecule has 0 amide bonds. The summed E-state index contributed by atoms with van der Waals surface area (Å²) in [7, 11) is -4.28. The summed E-state index contributed by atoms with van der Waals surface area (Å²) in [5.74, 6) is -2.47. The predicted molar refractivity (Wildman–Crippen MR) is 60.2 cm³/mol. The zero-order chi connectivity index (χ0) is 13.7. The standard InChI is InChI=1S/C10H12F2N2O3S/c1-10(15)4-14(5-10)18(16,17)9-7(11)2-6(13)3-8(9)12/h2-3,15H,4-5,13H2,1H3. The molecule has 0 aliphatic carbocycles. The molecule has 18 heavy (non-hydrogen) atoms. The van der Waals surface area contributed by atoms with E-state index in [1.165, 1.54) is 6.92 Å². The van der Waals surface area contributed by atoms with E-state index in [-0.39, 0.29) is 18.8 Å². The van der Waals surface area contributed by atoms with E-state index in [0.29, 0.717) is 0 Å². The van der Waals surface area contributed by atoms with Crippen LogP contribution < -0.4 is 5.73 Å². The summed E-state index contributed by atoms with van der Waals surface area (Å²) in [6.07, 6.45) is 0. The van der Waals surface area contributed by atoms with Gasteiger partial charge in [-0.25, -0.2) is 17.2 Å². The summed E-state index contributed by atoms with van der Waals surface area (Å²) in [5, 5.41) is 9.46. The highest BCUT2D eigenvalue weighted by molar-refractivity contribution is 7.89. The van der Waals surface area contributed by atoms with Crippen molar-refractivity contribution in [2.24, 2.45) is 0 Å². The zero-order valence-electron chi connectivity index (χ0n) is 9.52. The van der Waals surface area contributed by atoms with E-state index < -0.39 is 32.2 Å². The van der Waals surface area contributed by atoms with Crippen molar-refractivity contribution in [1.82, 2.24) is 4.31 Å². The monoisotopic (exact) mass is 278 g/mol. The normalized spacial score (nSPS) is 19.6. The fourth-order valence-corrected chi connectivity index (χ4v) is 3.60. The predicted octanol–water partition coefficient (Wildman–Crippen LogP) is 0.302. The fraction of sp³-hybridized carbons (Fsp3) is 0.400. The number of benzene rings is 1. The van der Waals surface area contributed by atoms with Crippen molar-refractivity contribution in [2.75, 3.05) is 18.8 Å². The highest BCUT2D eigenvalue weighted by Crippen LogP contribution is 2.31. The Bertz CT molecular complexity index is 570. The van der Waals surface area contributed by atoms with Crippen LogP contribution >= 0.6 is 0 Å². The first kappa shape index (κ1) is 13.2. The highest BCUT2D eigenvalue weighted by Gasteiger charge is 2.45. The lowest BCUT2D eigenvalue weighted by Crippen LogP contribution is -2.61. The Kier molecular flexibility index (Phi) is 2.84. The van der Waals surface area contributed by atoms with Gasteiger partial charge in [0.1, 0.15) is 11.6 Å². The second-order valence-electron chi connectivity index (χ2n) is 4.58. The number of halogens is 2. The first-order valence-electron chi connectivity index (χ1n) is 5.10. The molecule has 0 radical (unpaired) electrons. The van der Waals surface area contributed by atoms with Crippen molar-refractivity contribution in [3.05, 3.63) is 23.8 Å². The van der Waals surface area contributed by atoms with Crippen molar-refractivity contribution in [1.29, 1.82) is 0 Å². The Labute approximate surface area is 103 Å². The Morgan fingerprint density at radius 3 is 2.17 bits per heavy atom. The lowest BCUT2D eigenvalue weighted by Gasteiger charge is -2.42. The fourth-order valence-electron chi connectivity index (χ4n) is 1.84. The second kappa shape index (κ2) is 3.87. The number of hydrogen-bond acceptors (Lipinski definition) is 4. The van der Waals surface area contributed by atoms with Crippen molar-refractivity contribution in [3.63, 3.8) is 0 Å². The van der Waals surface area contributed by atoms with Gasteiger partial charge in [0.15, 0.2) is 4.90 Å². The Morgan fingerprint density at radius 1 is 1.33 bits per heavy atom. The number of rotatable bonds is 2. The first-order chi connectivity index (χ1) is 8.13. The van der Waals surface area contributed by atoms with E-state index in [9.17, 15) is 22.3 Å². The third-order valence-electron chi connectivity index (χ3n) is 2.65. The zero-order valence-corrected chi connectivity index (χ0v) is 10.3. The summed E-state index contributed by atoms with van der Waals surface area (Å²) in [4.78, 5) is -1.03. The molecule has 2 rings (SSSR count). The number of aliphatic hydroxyl groups is 1. The van der Waals surface area contributed by atoms with Crippen molar-refractivity contribution in [3.8, 4) is 0 Å². The van der Waals surface area contributed by atoms with E-state index in [1.807, 2.05) is 0 Å². The number of anilines is 1. The Balaban J connectivity index is 2.44. The molecular weight excluding hydrogens is 266 g/mol. The SMILES string of the molecule is CC1(O)CN(S(=O)(=O)c2c(F)cc(N)cc2F)C1. The van der Waals surface area contributed by atoms with Crippen molar-refractivity contribution < 1.29 is 22.3 Å². The molecule has 0 saturated carbocycles. The molecule has 0 aromatic heterocycles. The van der Waals surface area contributed by atoms with Crippen LogP contribution in [0.15, 0.2) is 17.0 Å². The largest absolute Gasteiger partial charge is 0.399 e. The molecule has 8 heteroatoms. The van der Waals surface area contributed by atoms with Gasteiger partial charge in [0.05, 0.1) is 5.60 Å². The molecule has 5 nitrogen and oxygen atoms in total. The van der Waals surface area contributed by atoms with Crippen LogP contribution in [0.5, 0.6) is 0 Å². The minimum Gasteiger partial charge on any atom is -0.399 e. The number of hydrogen-bond donors (Lipinski definition) is 2. The van der Waals surface area contributed by atoms with Crippen LogP contribution in [0.3, 0.4) is 0 Å². The Morgan fingerprint density at radius 2 is 1.78 bits per heavy atom. The molecule has 0 unspecified atom stereocenters. The van der Waals surface area contributed by atoms with Gasteiger partial charge < -0.3 is 10.8 Å². The average Bonchev–Trinajstić information content (AvgIpc) is 2.11. The van der Waals surface area contributed by atoms with Gasteiger partial charge >= 0.3 is 0 Å². The van der Waals surface area contributed by atoms with E-state index >= 15 is 0 Å². The molecule has 1 fully saturated rings. The number of sulfonamides is 1. The van der Waals surface area contributed by atoms with Crippen LogP contribution in [-0.2, 0) is 10.0 Å². The van der Waals surface area contributed by atoms with Gasteiger partial charge in [-0.1, -0.05) is 0 Å². The lowest BCUT2D eigenvalue weighted by atomic mass is 10.0. The van der Waals surface area contributed by atoms with Gasteiger partial charge in [0.25, 0.3) is 0 Å². The summed E-state index contributed by atoms with van der Waals surface area (Å²) in [6, 6.07) is 1.49. The van der Waals surface area contributed by atoms with Crippen LogP contribution in [0.1, 0.15) is 6.92 Å². The van der Waals surface area contributed by atoms with Crippen LogP contribution in [-0.4, -0.2) is 36.5 Å². The second-order valence-corrected chi connectivity index (χ2v) is 6.46. The molecule has 3 N–H and O–H groups in total. The molecular formula is C10H12F2N2O3S. The smallest absolute Gasteiger partial charge is 0.249 e. The summed E-state index contributed by atoms with van der Waals surface area (Å²) >= 11 is 0. The number of nitrogen functional groups attached to an aromatic ring is 1. The average molecular weight is 278 g/mol. The van der Waals surface area contributed by atoms with E-state index in [1.54, 1.807) is 0 Å². The van der Waals surface area contributed by atoms with Crippen LogP contribution in [0.4, 0.5) is 14.5 Å². The molecule has 1 heterocycles.